The second-order valence-electron chi connectivity index (χ2n) is 5.33. The maximum absolute atomic E-state index is 6.32. The Morgan fingerprint density at radius 2 is 2.00 bits per heavy atom. The first-order valence-corrected chi connectivity index (χ1v) is 7.90. The van der Waals surface area contributed by atoms with Crippen molar-refractivity contribution in [3.05, 3.63) is 78.0 Å². The first-order valence-electron chi connectivity index (χ1n) is 7.52. The van der Waals surface area contributed by atoms with Crippen molar-refractivity contribution in [1.29, 1.82) is 0 Å². The van der Waals surface area contributed by atoms with Gasteiger partial charge < -0.3 is 9.72 Å². The van der Waals surface area contributed by atoms with Gasteiger partial charge in [-0.1, -0.05) is 35.9 Å². The van der Waals surface area contributed by atoms with E-state index < -0.39 is 0 Å². The van der Waals surface area contributed by atoms with Crippen molar-refractivity contribution in [3.63, 3.8) is 0 Å². The van der Waals surface area contributed by atoms with E-state index in [0.717, 1.165) is 22.5 Å². The summed E-state index contributed by atoms with van der Waals surface area (Å²) in [7, 11) is 0. The fraction of sp³-hybridized carbons (Fsp3) is 0.0556. The fourth-order valence-electron chi connectivity index (χ4n) is 2.54. The molecule has 0 amide bonds. The van der Waals surface area contributed by atoms with Crippen molar-refractivity contribution in [2.75, 3.05) is 5.32 Å². The molecule has 24 heavy (non-hydrogen) atoms. The third-order valence-corrected chi connectivity index (χ3v) is 4.04. The molecule has 3 heterocycles. The van der Waals surface area contributed by atoms with E-state index in [-0.39, 0.29) is 0 Å². The van der Waals surface area contributed by atoms with Gasteiger partial charge in [-0.2, -0.15) is 0 Å². The average Bonchev–Trinajstić information content (AvgIpc) is 3.09. The summed E-state index contributed by atoms with van der Waals surface area (Å²) in [6.45, 7) is 0.620. The molecule has 0 saturated heterocycles. The number of halogens is 1. The number of rotatable bonds is 4. The monoisotopic (exact) mass is 335 g/mol. The molecule has 0 spiro atoms. The lowest BCUT2D eigenvalue weighted by atomic mass is 10.1. The van der Waals surface area contributed by atoms with Gasteiger partial charge >= 0.3 is 0 Å². The van der Waals surface area contributed by atoms with Crippen LogP contribution in [0.5, 0.6) is 0 Å². The summed E-state index contributed by atoms with van der Waals surface area (Å²) in [4.78, 5) is 13.2. The molecule has 0 saturated carbocycles. The van der Waals surface area contributed by atoms with Crippen LogP contribution in [0, 0.1) is 0 Å². The summed E-state index contributed by atoms with van der Waals surface area (Å²) in [5, 5.41) is 4.01. The van der Waals surface area contributed by atoms with Crippen molar-refractivity contribution in [1.82, 2.24) is 19.4 Å². The molecular formula is C18H14ClN5. The highest BCUT2D eigenvalue weighted by atomic mass is 35.5. The van der Waals surface area contributed by atoms with Crippen LogP contribution in [0.25, 0.3) is 16.9 Å². The summed E-state index contributed by atoms with van der Waals surface area (Å²) in [6.07, 6.45) is 9.16. The van der Waals surface area contributed by atoms with Gasteiger partial charge in [0.05, 0.1) is 10.7 Å². The van der Waals surface area contributed by atoms with Gasteiger partial charge in [0, 0.05) is 43.1 Å². The molecule has 6 heteroatoms. The van der Waals surface area contributed by atoms with Crippen molar-refractivity contribution < 1.29 is 0 Å². The topological polar surface area (TPSA) is 55.1 Å². The number of hydrogen-bond donors (Lipinski definition) is 1. The van der Waals surface area contributed by atoms with E-state index in [1.54, 1.807) is 12.4 Å². The molecule has 3 aromatic heterocycles. The van der Waals surface area contributed by atoms with Crippen molar-refractivity contribution in [2.24, 2.45) is 0 Å². The zero-order valence-electron chi connectivity index (χ0n) is 12.7. The minimum Gasteiger partial charge on any atom is -0.363 e. The average molecular weight is 336 g/mol. The number of nitrogens with zero attached hydrogens (tertiary/aromatic N) is 4. The number of fused-ring (bicyclic) bond motifs is 1. The van der Waals surface area contributed by atoms with E-state index in [1.165, 1.54) is 0 Å². The molecule has 0 aliphatic rings. The molecule has 0 fully saturated rings. The van der Waals surface area contributed by atoms with E-state index in [1.807, 2.05) is 59.4 Å². The van der Waals surface area contributed by atoms with Crippen LogP contribution in [-0.2, 0) is 6.54 Å². The molecule has 0 unspecified atom stereocenters. The lowest BCUT2D eigenvalue weighted by molar-refractivity contribution is 1.06. The zero-order valence-corrected chi connectivity index (χ0v) is 13.5. The normalized spacial score (nSPS) is 10.9. The highest BCUT2D eigenvalue weighted by Crippen LogP contribution is 2.28. The van der Waals surface area contributed by atoms with Gasteiger partial charge in [0.15, 0.2) is 11.5 Å². The third kappa shape index (κ3) is 2.81. The smallest absolute Gasteiger partial charge is 0.180 e. The van der Waals surface area contributed by atoms with Gasteiger partial charge in [0.1, 0.15) is 0 Å². The molecule has 1 N–H and O–H groups in total. The molecule has 118 valence electrons. The standard InChI is InChI=1S/C18H14ClN5/c19-15-6-2-1-5-14(15)16-12-24-9-8-21-18(24)17(23-16)22-11-13-4-3-7-20-10-13/h1-10,12H,11H2,(H,22,23). The molecule has 4 rings (SSSR count). The zero-order chi connectivity index (χ0) is 16.4. The van der Waals surface area contributed by atoms with Gasteiger partial charge in [0.2, 0.25) is 0 Å². The van der Waals surface area contributed by atoms with Crippen LogP contribution in [0.4, 0.5) is 5.82 Å². The van der Waals surface area contributed by atoms with Gasteiger partial charge in [0.25, 0.3) is 0 Å². The Hall–Kier alpha value is -2.92. The Balaban J connectivity index is 1.74. The number of nitrogens with one attached hydrogen (secondary N) is 1. The van der Waals surface area contributed by atoms with Crippen LogP contribution >= 0.6 is 11.6 Å². The number of benzene rings is 1. The molecule has 0 atom stereocenters. The minimum atomic E-state index is 0.620. The Kier molecular flexibility index (Phi) is 3.84. The van der Waals surface area contributed by atoms with Crippen LogP contribution in [0.15, 0.2) is 67.4 Å². The van der Waals surface area contributed by atoms with Crippen LogP contribution in [-0.4, -0.2) is 19.4 Å². The molecule has 0 bridgehead atoms. The Bertz CT molecular complexity index is 981. The summed E-state index contributed by atoms with van der Waals surface area (Å²) >= 11 is 6.32. The number of hydrogen-bond acceptors (Lipinski definition) is 4. The van der Waals surface area contributed by atoms with E-state index in [0.29, 0.717) is 17.4 Å². The van der Waals surface area contributed by atoms with Crippen molar-refractivity contribution in [3.8, 4) is 11.3 Å². The maximum Gasteiger partial charge on any atom is 0.180 e. The van der Waals surface area contributed by atoms with Gasteiger partial charge in [-0.15, -0.1) is 0 Å². The summed E-state index contributed by atoms with van der Waals surface area (Å²) in [5.74, 6) is 0.710. The van der Waals surface area contributed by atoms with Gasteiger partial charge in [-0.3, -0.25) is 4.98 Å². The van der Waals surface area contributed by atoms with E-state index in [2.05, 4.69) is 15.3 Å². The quantitative estimate of drug-likeness (QED) is 0.611. The summed E-state index contributed by atoms with van der Waals surface area (Å²) in [5.41, 5.74) is 3.53. The molecular weight excluding hydrogens is 322 g/mol. The minimum absolute atomic E-state index is 0.620. The molecule has 1 aromatic carbocycles. The molecule has 0 aliphatic heterocycles. The largest absolute Gasteiger partial charge is 0.363 e. The van der Waals surface area contributed by atoms with E-state index in [4.69, 9.17) is 16.6 Å². The van der Waals surface area contributed by atoms with E-state index in [9.17, 15) is 0 Å². The second-order valence-corrected chi connectivity index (χ2v) is 5.73. The second kappa shape index (κ2) is 6.29. The molecule has 5 nitrogen and oxygen atoms in total. The van der Waals surface area contributed by atoms with Crippen LogP contribution < -0.4 is 5.32 Å². The number of pyridine rings is 1. The molecule has 0 radical (unpaired) electrons. The predicted molar refractivity (Wildman–Crippen MR) is 95.0 cm³/mol. The number of anilines is 1. The van der Waals surface area contributed by atoms with Crippen LogP contribution in [0.1, 0.15) is 5.56 Å². The lowest BCUT2D eigenvalue weighted by Crippen LogP contribution is -2.05. The van der Waals surface area contributed by atoms with E-state index >= 15 is 0 Å². The fourth-order valence-corrected chi connectivity index (χ4v) is 2.77. The Morgan fingerprint density at radius 3 is 2.83 bits per heavy atom. The number of imidazole rings is 1. The Labute approximate surface area is 144 Å². The third-order valence-electron chi connectivity index (χ3n) is 3.71. The predicted octanol–water partition coefficient (Wildman–Crippen LogP) is 4.06. The highest BCUT2D eigenvalue weighted by Gasteiger charge is 2.11. The van der Waals surface area contributed by atoms with Crippen LogP contribution in [0.2, 0.25) is 5.02 Å². The first kappa shape index (κ1) is 14.7. The molecule has 4 aromatic rings. The van der Waals surface area contributed by atoms with Crippen LogP contribution in [0.3, 0.4) is 0 Å². The van der Waals surface area contributed by atoms with Crippen molar-refractivity contribution >= 4 is 23.1 Å². The summed E-state index contributed by atoms with van der Waals surface area (Å²) < 4.78 is 1.94. The summed E-state index contributed by atoms with van der Waals surface area (Å²) in [6, 6.07) is 11.6. The first-order chi connectivity index (χ1) is 11.8. The SMILES string of the molecule is Clc1ccccc1-c1cn2ccnc2c(NCc2cccnc2)n1. The van der Waals surface area contributed by atoms with Gasteiger partial charge in [-0.25, -0.2) is 9.97 Å². The van der Waals surface area contributed by atoms with Gasteiger partial charge in [-0.05, 0) is 17.7 Å². The van der Waals surface area contributed by atoms with Crippen molar-refractivity contribution in [2.45, 2.75) is 6.54 Å². The lowest BCUT2D eigenvalue weighted by Gasteiger charge is -2.10. The molecule has 0 aliphatic carbocycles. The number of aromatic nitrogens is 4. The maximum atomic E-state index is 6.32. The highest BCUT2D eigenvalue weighted by molar-refractivity contribution is 6.33. The Morgan fingerprint density at radius 1 is 1.08 bits per heavy atom.